The molecule has 0 bridgehead atoms. The lowest BCUT2D eigenvalue weighted by Gasteiger charge is -2.28. The number of benzene rings is 2. The molecule has 0 atom stereocenters. The highest BCUT2D eigenvalue weighted by atomic mass is 35.5. The summed E-state index contributed by atoms with van der Waals surface area (Å²) < 4.78 is 1.83. The fourth-order valence-corrected chi connectivity index (χ4v) is 4.48. The monoisotopic (exact) mass is 381 g/mol. The number of hydrogen-bond acceptors (Lipinski definition) is 5. The molecule has 5 rings (SSSR count). The first-order valence-corrected chi connectivity index (χ1v) is 10.1. The van der Waals surface area contributed by atoms with Gasteiger partial charge in [-0.3, -0.25) is 0 Å². The summed E-state index contributed by atoms with van der Waals surface area (Å²) in [6.07, 6.45) is 0. The number of para-hydroxylation sites is 1. The predicted molar refractivity (Wildman–Crippen MR) is 108 cm³/mol. The minimum atomic E-state index is 0.678. The zero-order valence-electron chi connectivity index (χ0n) is 14.0. The van der Waals surface area contributed by atoms with E-state index in [9.17, 15) is 0 Å². The molecule has 3 heterocycles. The van der Waals surface area contributed by atoms with Crippen LogP contribution in [0.2, 0.25) is 5.02 Å². The Kier molecular flexibility index (Phi) is 3.94. The number of nitrogens with zero attached hydrogens (tertiary/aromatic N) is 5. The molecule has 4 aromatic rings. The summed E-state index contributed by atoms with van der Waals surface area (Å²) in [4.78, 5) is 7.37. The van der Waals surface area contributed by atoms with Crippen molar-refractivity contribution in [3.63, 3.8) is 0 Å². The first-order chi connectivity index (χ1) is 12.8. The molecule has 1 fully saturated rings. The first kappa shape index (κ1) is 15.9. The van der Waals surface area contributed by atoms with Crippen LogP contribution >= 0.6 is 23.4 Å². The van der Waals surface area contributed by atoms with Gasteiger partial charge in [0.1, 0.15) is 11.5 Å². The molecule has 0 spiro atoms. The molecule has 0 amide bonds. The van der Waals surface area contributed by atoms with Crippen LogP contribution in [0.25, 0.3) is 27.8 Å². The van der Waals surface area contributed by atoms with E-state index in [0.717, 1.165) is 58.2 Å². The lowest BCUT2D eigenvalue weighted by Crippen LogP contribution is -2.33. The Labute approximate surface area is 160 Å². The van der Waals surface area contributed by atoms with Crippen molar-refractivity contribution in [2.45, 2.75) is 0 Å². The van der Waals surface area contributed by atoms with Crippen LogP contribution in [0.1, 0.15) is 0 Å². The quantitative estimate of drug-likeness (QED) is 0.522. The van der Waals surface area contributed by atoms with Gasteiger partial charge in [-0.1, -0.05) is 41.1 Å². The second-order valence-electron chi connectivity index (χ2n) is 6.24. The van der Waals surface area contributed by atoms with Crippen molar-refractivity contribution in [3.8, 4) is 11.3 Å². The average molecular weight is 382 g/mol. The minimum absolute atomic E-state index is 0.678. The molecule has 2 aromatic carbocycles. The van der Waals surface area contributed by atoms with Crippen molar-refractivity contribution in [1.29, 1.82) is 0 Å². The molecule has 0 unspecified atom stereocenters. The topological polar surface area (TPSA) is 46.3 Å². The normalized spacial score (nSPS) is 15.0. The third-order valence-corrected chi connectivity index (χ3v) is 5.82. The van der Waals surface area contributed by atoms with Crippen LogP contribution in [-0.2, 0) is 0 Å². The third kappa shape index (κ3) is 2.61. The van der Waals surface area contributed by atoms with Crippen molar-refractivity contribution < 1.29 is 0 Å². The summed E-state index contributed by atoms with van der Waals surface area (Å²) in [6, 6.07) is 15.9. The second-order valence-corrected chi connectivity index (χ2v) is 7.90. The Morgan fingerprint density at radius 2 is 1.85 bits per heavy atom. The van der Waals surface area contributed by atoms with Crippen molar-refractivity contribution in [1.82, 2.24) is 19.8 Å². The summed E-state index contributed by atoms with van der Waals surface area (Å²) in [5, 5.41) is 10.6. The molecule has 0 N–H and O–H groups in total. The Hall–Kier alpha value is -2.31. The highest BCUT2D eigenvalue weighted by molar-refractivity contribution is 7.99. The van der Waals surface area contributed by atoms with Gasteiger partial charge in [-0.2, -0.15) is 16.3 Å². The van der Waals surface area contributed by atoms with Gasteiger partial charge in [-0.15, -0.1) is 5.10 Å². The zero-order valence-corrected chi connectivity index (χ0v) is 15.5. The molecule has 2 aromatic heterocycles. The van der Waals surface area contributed by atoms with Gasteiger partial charge in [0.25, 0.3) is 0 Å². The van der Waals surface area contributed by atoms with E-state index in [1.807, 2.05) is 52.7 Å². The van der Waals surface area contributed by atoms with Crippen LogP contribution in [0, 0.1) is 0 Å². The number of hydrogen-bond donors (Lipinski definition) is 0. The standard InChI is InChI=1S/C19H16ClN5S/c20-14-5-3-4-13(12-14)17-19-21-18(24-8-10-26-11-9-24)15-6-1-2-7-16(15)25(19)23-22-17/h1-7,12H,8-11H2. The molecule has 1 aliphatic heterocycles. The van der Waals surface area contributed by atoms with Crippen molar-refractivity contribution in [2.75, 3.05) is 29.5 Å². The van der Waals surface area contributed by atoms with Gasteiger partial charge in [0.2, 0.25) is 0 Å². The smallest absolute Gasteiger partial charge is 0.186 e. The predicted octanol–water partition coefficient (Wildman–Crippen LogP) is 4.15. The fourth-order valence-electron chi connectivity index (χ4n) is 3.39. The molecule has 5 nitrogen and oxygen atoms in total. The number of rotatable bonds is 2. The molecule has 1 aliphatic rings. The van der Waals surface area contributed by atoms with Crippen LogP contribution < -0.4 is 4.90 Å². The number of thioether (sulfide) groups is 1. The number of halogens is 1. The van der Waals surface area contributed by atoms with Gasteiger partial charge in [0.05, 0.1) is 5.52 Å². The minimum Gasteiger partial charge on any atom is -0.354 e. The van der Waals surface area contributed by atoms with Gasteiger partial charge in [-0.05, 0) is 24.3 Å². The van der Waals surface area contributed by atoms with E-state index in [-0.39, 0.29) is 0 Å². The number of fused-ring (bicyclic) bond motifs is 3. The van der Waals surface area contributed by atoms with Gasteiger partial charge < -0.3 is 4.90 Å². The van der Waals surface area contributed by atoms with Crippen LogP contribution in [0.15, 0.2) is 48.5 Å². The van der Waals surface area contributed by atoms with Gasteiger partial charge in [0, 0.05) is 40.6 Å². The molecular weight excluding hydrogens is 366 g/mol. The highest BCUT2D eigenvalue weighted by Gasteiger charge is 2.20. The maximum absolute atomic E-state index is 6.18. The van der Waals surface area contributed by atoms with E-state index >= 15 is 0 Å². The molecule has 7 heteroatoms. The zero-order chi connectivity index (χ0) is 17.5. The molecule has 26 heavy (non-hydrogen) atoms. The van der Waals surface area contributed by atoms with E-state index in [4.69, 9.17) is 16.6 Å². The molecule has 1 saturated heterocycles. The summed E-state index contributed by atoms with van der Waals surface area (Å²) in [7, 11) is 0. The summed E-state index contributed by atoms with van der Waals surface area (Å²) >= 11 is 8.17. The Balaban J connectivity index is 1.79. The SMILES string of the molecule is Clc1cccc(-c2nnn3c2nc(N2CCSCC2)c2ccccc23)c1. The van der Waals surface area contributed by atoms with E-state index in [1.165, 1.54) is 0 Å². The molecule has 130 valence electrons. The molecule has 0 radical (unpaired) electrons. The summed E-state index contributed by atoms with van der Waals surface area (Å²) in [6.45, 7) is 2.01. The van der Waals surface area contributed by atoms with Gasteiger partial charge >= 0.3 is 0 Å². The Morgan fingerprint density at radius 1 is 1.00 bits per heavy atom. The highest BCUT2D eigenvalue weighted by Crippen LogP contribution is 2.31. The van der Waals surface area contributed by atoms with E-state index in [0.29, 0.717) is 5.02 Å². The Bertz CT molecular complexity index is 1100. The number of aromatic nitrogens is 4. The van der Waals surface area contributed by atoms with Crippen molar-refractivity contribution >= 4 is 45.7 Å². The third-order valence-electron chi connectivity index (χ3n) is 4.64. The van der Waals surface area contributed by atoms with Gasteiger partial charge in [-0.25, -0.2) is 4.98 Å². The lowest BCUT2D eigenvalue weighted by molar-refractivity contribution is 0.835. The van der Waals surface area contributed by atoms with Crippen LogP contribution in [-0.4, -0.2) is 44.4 Å². The van der Waals surface area contributed by atoms with E-state index < -0.39 is 0 Å². The molecule has 0 saturated carbocycles. The summed E-state index contributed by atoms with van der Waals surface area (Å²) in [5.74, 6) is 3.26. The van der Waals surface area contributed by atoms with Crippen molar-refractivity contribution in [3.05, 3.63) is 53.6 Å². The van der Waals surface area contributed by atoms with Crippen LogP contribution in [0.4, 0.5) is 5.82 Å². The van der Waals surface area contributed by atoms with Crippen molar-refractivity contribution in [2.24, 2.45) is 0 Å². The second kappa shape index (κ2) is 6.45. The average Bonchev–Trinajstić information content (AvgIpc) is 3.12. The molecule has 0 aliphatic carbocycles. The maximum Gasteiger partial charge on any atom is 0.186 e. The van der Waals surface area contributed by atoms with E-state index in [1.54, 1.807) is 0 Å². The number of anilines is 1. The van der Waals surface area contributed by atoms with Crippen LogP contribution in [0.5, 0.6) is 0 Å². The van der Waals surface area contributed by atoms with Gasteiger partial charge in [0.15, 0.2) is 5.65 Å². The lowest BCUT2D eigenvalue weighted by atomic mass is 10.1. The van der Waals surface area contributed by atoms with E-state index in [2.05, 4.69) is 27.3 Å². The first-order valence-electron chi connectivity index (χ1n) is 8.54. The largest absolute Gasteiger partial charge is 0.354 e. The fraction of sp³-hybridized carbons (Fsp3) is 0.211. The summed E-state index contributed by atoms with van der Waals surface area (Å²) in [5.41, 5.74) is 3.46. The maximum atomic E-state index is 6.18. The van der Waals surface area contributed by atoms with Crippen LogP contribution in [0.3, 0.4) is 0 Å². The molecular formula is C19H16ClN5S. The Morgan fingerprint density at radius 3 is 2.69 bits per heavy atom.